The van der Waals surface area contributed by atoms with E-state index in [4.69, 9.17) is 5.11 Å². The molecule has 1 amide bonds. The maximum atomic E-state index is 11.5. The molecule has 0 aromatic heterocycles. The van der Waals surface area contributed by atoms with Crippen molar-refractivity contribution in [3.05, 3.63) is 29.8 Å². The number of carbonyl (C=O) groups excluding carboxylic acids is 1. The van der Waals surface area contributed by atoms with E-state index in [1.54, 1.807) is 11.9 Å². The van der Waals surface area contributed by atoms with Crippen LogP contribution in [0.2, 0.25) is 0 Å². The number of benzene rings is 1. The first-order valence-electron chi connectivity index (χ1n) is 5.62. The van der Waals surface area contributed by atoms with E-state index in [2.05, 4.69) is 0 Å². The quantitative estimate of drug-likeness (QED) is 0.850. The standard InChI is InChI=1S/C13H17NO3/c1-3-12(15)14(2)11-7-4-10(5-8-11)6-9-13(16)17/h4-5,7-8H,3,6,9H2,1-2H3,(H,16,17). The smallest absolute Gasteiger partial charge is 0.303 e. The van der Waals surface area contributed by atoms with Crippen molar-refractivity contribution in [2.24, 2.45) is 0 Å². The third kappa shape index (κ3) is 3.90. The maximum absolute atomic E-state index is 11.5. The Bertz CT molecular complexity index is 398. The van der Waals surface area contributed by atoms with Gasteiger partial charge in [-0.25, -0.2) is 0 Å². The Morgan fingerprint density at radius 2 is 1.82 bits per heavy atom. The molecule has 1 rings (SSSR count). The van der Waals surface area contributed by atoms with E-state index in [1.807, 2.05) is 31.2 Å². The van der Waals surface area contributed by atoms with Crippen LogP contribution in [-0.4, -0.2) is 24.0 Å². The van der Waals surface area contributed by atoms with Crippen molar-refractivity contribution in [3.8, 4) is 0 Å². The number of hydrogen-bond acceptors (Lipinski definition) is 2. The van der Waals surface area contributed by atoms with Gasteiger partial charge >= 0.3 is 5.97 Å². The number of rotatable bonds is 5. The molecule has 0 aliphatic carbocycles. The molecule has 0 atom stereocenters. The van der Waals surface area contributed by atoms with Crippen LogP contribution in [0.15, 0.2) is 24.3 Å². The first kappa shape index (κ1) is 13.2. The SMILES string of the molecule is CCC(=O)N(C)c1ccc(CCC(=O)O)cc1. The average Bonchev–Trinajstić information content (AvgIpc) is 2.35. The van der Waals surface area contributed by atoms with Crippen molar-refractivity contribution < 1.29 is 14.7 Å². The van der Waals surface area contributed by atoms with Crippen molar-refractivity contribution in [2.45, 2.75) is 26.2 Å². The highest BCUT2D eigenvalue weighted by Gasteiger charge is 2.08. The number of anilines is 1. The molecular formula is C13H17NO3. The summed E-state index contributed by atoms with van der Waals surface area (Å²) in [5.41, 5.74) is 1.80. The number of hydrogen-bond donors (Lipinski definition) is 1. The van der Waals surface area contributed by atoms with Gasteiger partial charge < -0.3 is 10.0 Å². The molecule has 0 fully saturated rings. The highest BCUT2D eigenvalue weighted by atomic mass is 16.4. The number of aryl methyl sites for hydroxylation is 1. The minimum atomic E-state index is -0.799. The van der Waals surface area contributed by atoms with E-state index in [0.29, 0.717) is 12.8 Å². The monoisotopic (exact) mass is 235 g/mol. The van der Waals surface area contributed by atoms with Gasteiger partial charge in [-0.15, -0.1) is 0 Å². The molecule has 17 heavy (non-hydrogen) atoms. The summed E-state index contributed by atoms with van der Waals surface area (Å²) in [6.45, 7) is 1.82. The molecule has 0 saturated carbocycles. The summed E-state index contributed by atoms with van der Waals surface area (Å²) < 4.78 is 0. The molecule has 0 unspecified atom stereocenters. The largest absolute Gasteiger partial charge is 0.481 e. The second-order valence-corrected chi connectivity index (χ2v) is 3.87. The van der Waals surface area contributed by atoms with E-state index in [9.17, 15) is 9.59 Å². The van der Waals surface area contributed by atoms with Crippen LogP contribution in [0.3, 0.4) is 0 Å². The van der Waals surface area contributed by atoms with Gasteiger partial charge in [-0.3, -0.25) is 9.59 Å². The zero-order valence-electron chi connectivity index (χ0n) is 10.1. The van der Waals surface area contributed by atoms with Gasteiger partial charge in [-0.2, -0.15) is 0 Å². The van der Waals surface area contributed by atoms with Crippen molar-refractivity contribution >= 4 is 17.6 Å². The minimum Gasteiger partial charge on any atom is -0.481 e. The van der Waals surface area contributed by atoms with Crippen LogP contribution in [0, 0.1) is 0 Å². The summed E-state index contributed by atoms with van der Waals surface area (Å²) in [6.07, 6.45) is 1.11. The highest BCUT2D eigenvalue weighted by molar-refractivity contribution is 5.92. The van der Waals surface area contributed by atoms with Gasteiger partial charge in [-0.1, -0.05) is 19.1 Å². The topological polar surface area (TPSA) is 57.6 Å². The summed E-state index contributed by atoms with van der Waals surface area (Å²) in [5.74, 6) is -0.740. The van der Waals surface area contributed by atoms with Gasteiger partial charge in [0, 0.05) is 25.6 Å². The molecule has 1 aromatic carbocycles. The lowest BCUT2D eigenvalue weighted by atomic mass is 10.1. The molecule has 0 bridgehead atoms. The molecule has 0 aliphatic heterocycles. The van der Waals surface area contributed by atoms with Crippen LogP contribution < -0.4 is 4.90 Å². The third-order valence-electron chi connectivity index (χ3n) is 2.63. The number of nitrogens with zero attached hydrogens (tertiary/aromatic N) is 1. The van der Waals surface area contributed by atoms with Crippen LogP contribution in [0.5, 0.6) is 0 Å². The Morgan fingerprint density at radius 1 is 1.24 bits per heavy atom. The molecule has 4 nitrogen and oxygen atoms in total. The maximum Gasteiger partial charge on any atom is 0.303 e. The first-order valence-corrected chi connectivity index (χ1v) is 5.62. The number of carboxylic acid groups (broad SMARTS) is 1. The van der Waals surface area contributed by atoms with E-state index in [1.165, 1.54) is 0 Å². The van der Waals surface area contributed by atoms with Crippen molar-refractivity contribution in [1.29, 1.82) is 0 Å². The van der Waals surface area contributed by atoms with E-state index < -0.39 is 5.97 Å². The second-order valence-electron chi connectivity index (χ2n) is 3.87. The van der Waals surface area contributed by atoms with Gasteiger partial charge in [0.05, 0.1) is 0 Å². The fourth-order valence-corrected chi connectivity index (χ4v) is 1.52. The van der Waals surface area contributed by atoms with Crippen LogP contribution >= 0.6 is 0 Å². The number of carbonyl (C=O) groups is 2. The van der Waals surface area contributed by atoms with Gasteiger partial charge in [0.2, 0.25) is 5.91 Å². The molecule has 92 valence electrons. The highest BCUT2D eigenvalue weighted by Crippen LogP contribution is 2.15. The minimum absolute atomic E-state index is 0.0586. The lowest BCUT2D eigenvalue weighted by molar-refractivity contribution is -0.137. The molecule has 0 radical (unpaired) electrons. The zero-order chi connectivity index (χ0) is 12.8. The van der Waals surface area contributed by atoms with Crippen LogP contribution in [0.4, 0.5) is 5.69 Å². The average molecular weight is 235 g/mol. The van der Waals surface area contributed by atoms with Gasteiger partial charge in [-0.05, 0) is 24.1 Å². The number of carboxylic acids is 1. The van der Waals surface area contributed by atoms with Gasteiger partial charge in [0.25, 0.3) is 0 Å². The number of aliphatic carboxylic acids is 1. The molecule has 1 aromatic rings. The molecule has 0 aliphatic rings. The first-order chi connectivity index (χ1) is 8.04. The zero-order valence-corrected chi connectivity index (χ0v) is 10.1. The van der Waals surface area contributed by atoms with Gasteiger partial charge in [0.1, 0.15) is 0 Å². The second kappa shape index (κ2) is 6.03. The number of amides is 1. The summed E-state index contributed by atoms with van der Waals surface area (Å²) in [6, 6.07) is 7.39. The Labute approximate surface area is 101 Å². The molecule has 4 heteroatoms. The van der Waals surface area contributed by atoms with Gasteiger partial charge in [0.15, 0.2) is 0 Å². The van der Waals surface area contributed by atoms with Crippen molar-refractivity contribution in [1.82, 2.24) is 0 Å². The third-order valence-corrected chi connectivity index (χ3v) is 2.63. The predicted molar refractivity (Wildman–Crippen MR) is 66.1 cm³/mol. The van der Waals surface area contributed by atoms with E-state index >= 15 is 0 Å². The van der Waals surface area contributed by atoms with Crippen LogP contribution in [0.1, 0.15) is 25.3 Å². The Hall–Kier alpha value is -1.84. The van der Waals surface area contributed by atoms with Crippen LogP contribution in [-0.2, 0) is 16.0 Å². The summed E-state index contributed by atoms with van der Waals surface area (Å²) in [7, 11) is 1.73. The normalized spacial score (nSPS) is 10.0. The predicted octanol–water partition coefficient (Wildman–Crippen LogP) is 2.08. The molecular weight excluding hydrogens is 218 g/mol. The molecule has 0 spiro atoms. The van der Waals surface area contributed by atoms with E-state index in [-0.39, 0.29) is 12.3 Å². The lowest BCUT2D eigenvalue weighted by Gasteiger charge is -2.16. The summed E-state index contributed by atoms with van der Waals surface area (Å²) >= 11 is 0. The Morgan fingerprint density at radius 3 is 2.29 bits per heavy atom. The van der Waals surface area contributed by atoms with E-state index in [0.717, 1.165) is 11.3 Å². The van der Waals surface area contributed by atoms with Crippen molar-refractivity contribution in [3.63, 3.8) is 0 Å². The Kier molecular flexibility index (Phi) is 4.69. The van der Waals surface area contributed by atoms with Crippen LogP contribution in [0.25, 0.3) is 0 Å². The lowest BCUT2D eigenvalue weighted by Crippen LogP contribution is -2.24. The fraction of sp³-hybridized carbons (Fsp3) is 0.385. The Balaban J connectivity index is 2.67. The molecule has 1 N–H and O–H groups in total. The fourth-order valence-electron chi connectivity index (χ4n) is 1.52. The van der Waals surface area contributed by atoms with Crippen molar-refractivity contribution in [2.75, 3.05) is 11.9 Å². The molecule has 0 saturated heterocycles. The summed E-state index contributed by atoms with van der Waals surface area (Å²) in [5, 5.41) is 8.57. The summed E-state index contributed by atoms with van der Waals surface area (Å²) in [4.78, 5) is 23.5. The molecule has 0 heterocycles.